The molecule has 3 heteroatoms. The first kappa shape index (κ1) is 26.0. The zero-order chi connectivity index (χ0) is 24.2. The minimum Gasteiger partial charge on any atom is -0.496 e. The second kappa shape index (κ2) is 13.9. The third kappa shape index (κ3) is 7.17. The quantitative estimate of drug-likeness (QED) is 0.234. The molecule has 0 bridgehead atoms. The van der Waals surface area contributed by atoms with Crippen LogP contribution in [0.3, 0.4) is 0 Å². The van der Waals surface area contributed by atoms with Crippen molar-refractivity contribution in [3.05, 3.63) is 83.0 Å². The molecule has 0 aliphatic rings. The van der Waals surface area contributed by atoms with E-state index < -0.39 is 0 Å². The topological polar surface area (TPSA) is 25.4 Å². The van der Waals surface area contributed by atoms with Crippen molar-refractivity contribution in [2.24, 2.45) is 0 Å². The number of methoxy groups -OCH3 is 1. The van der Waals surface area contributed by atoms with Gasteiger partial charge in [0.15, 0.2) is 0 Å². The molecule has 1 aromatic heterocycles. The van der Waals surface area contributed by atoms with Gasteiger partial charge in [0.05, 0.1) is 12.8 Å². The molecule has 3 aromatic rings. The van der Waals surface area contributed by atoms with Gasteiger partial charge in [0.2, 0.25) is 0 Å². The minimum atomic E-state index is 0.867. The summed E-state index contributed by atoms with van der Waals surface area (Å²) in [5.74, 6) is 0.941. The van der Waals surface area contributed by atoms with Gasteiger partial charge in [-0.05, 0) is 48.9 Å². The lowest BCUT2D eigenvalue weighted by atomic mass is 9.94. The zero-order valence-electron chi connectivity index (χ0n) is 21.6. The van der Waals surface area contributed by atoms with E-state index in [0.717, 1.165) is 50.3 Å². The van der Waals surface area contributed by atoms with Crippen molar-refractivity contribution in [2.75, 3.05) is 20.2 Å². The van der Waals surface area contributed by atoms with Crippen LogP contribution in [0.1, 0.15) is 68.7 Å². The second-order valence-electron chi connectivity index (χ2n) is 9.11. The SMILES string of the molecule is CCCCCCN(CCc1ccccc1)Cc1cnc(-c2c(CC)cccc2CC)cc1OC. The summed E-state index contributed by atoms with van der Waals surface area (Å²) in [5.41, 5.74) is 7.56. The molecule has 2 aromatic carbocycles. The summed E-state index contributed by atoms with van der Waals surface area (Å²) in [6.45, 7) is 9.72. The Bertz CT molecular complexity index is 977. The van der Waals surface area contributed by atoms with Gasteiger partial charge in [-0.25, -0.2) is 0 Å². The standard InChI is InChI=1S/C31H42N2O/c1-5-8-9-13-20-33(21-19-25-15-11-10-12-16-25)24-28-23-32-29(22-30(28)34-4)31-26(6-2)17-14-18-27(31)7-3/h10-12,14-18,22-23H,5-9,13,19-21,24H2,1-4H3. The van der Waals surface area contributed by atoms with Crippen molar-refractivity contribution in [3.8, 4) is 17.0 Å². The number of unbranched alkanes of at least 4 members (excludes halogenated alkanes) is 3. The Labute approximate surface area is 207 Å². The van der Waals surface area contributed by atoms with E-state index in [4.69, 9.17) is 9.72 Å². The van der Waals surface area contributed by atoms with E-state index in [-0.39, 0.29) is 0 Å². The average Bonchev–Trinajstić information content (AvgIpc) is 2.89. The zero-order valence-corrected chi connectivity index (χ0v) is 21.6. The summed E-state index contributed by atoms with van der Waals surface area (Å²) in [5, 5.41) is 0. The van der Waals surface area contributed by atoms with Gasteiger partial charge in [-0.2, -0.15) is 0 Å². The van der Waals surface area contributed by atoms with Crippen LogP contribution in [0.25, 0.3) is 11.3 Å². The normalized spacial score (nSPS) is 11.2. The summed E-state index contributed by atoms with van der Waals surface area (Å²) in [4.78, 5) is 7.52. The van der Waals surface area contributed by atoms with E-state index in [1.165, 1.54) is 53.5 Å². The average molecular weight is 459 g/mol. The predicted molar refractivity (Wildman–Crippen MR) is 145 cm³/mol. The van der Waals surface area contributed by atoms with Crippen LogP contribution in [0.2, 0.25) is 0 Å². The highest BCUT2D eigenvalue weighted by molar-refractivity contribution is 5.69. The number of nitrogens with zero attached hydrogens (tertiary/aromatic N) is 2. The molecule has 0 atom stereocenters. The molecule has 0 aliphatic carbocycles. The molecule has 0 spiro atoms. The molecule has 3 rings (SSSR count). The first-order chi connectivity index (χ1) is 16.7. The van der Waals surface area contributed by atoms with Crippen LogP contribution >= 0.6 is 0 Å². The van der Waals surface area contributed by atoms with Gasteiger partial charge in [-0.1, -0.05) is 88.6 Å². The highest BCUT2D eigenvalue weighted by Gasteiger charge is 2.15. The number of rotatable bonds is 14. The molecule has 0 amide bonds. The van der Waals surface area contributed by atoms with E-state index in [2.05, 4.69) is 80.3 Å². The lowest BCUT2D eigenvalue weighted by molar-refractivity contribution is 0.257. The van der Waals surface area contributed by atoms with Crippen LogP contribution in [0.15, 0.2) is 60.8 Å². The monoisotopic (exact) mass is 458 g/mol. The maximum atomic E-state index is 5.89. The number of aromatic nitrogens is 1. The van der Waals surface area contributed by atoms with E-state index in [1.807, 2.05) is 6.20 Å². The number of hydrogen-bond acceptors (Lipinski definition) is 3. The molecule has 0 radical (unpaired) electrons. The fourth-order valence-electron chi connectivity index (χ4n) is 4.69. The Morgan fingerprint density at radius 3 is 2.18 bits per heavy atom. The Hall–Kier alpha value is -2.65. The van der Waals surface area contributed by atoms with Gasteiger partial charge in [0.25, 0.3) is 0 Å². The predicted octanol–water partition coefficient (Wildman–Crippen LogP) is 7.51. The van der Waals surface area contributed by atoms with Gasteiger partial charge in [-0.3, -0.25) is 9.88 Å². The van der Waals surface area contributed by atoms with Crippen molar-refractivity contribution in [1.82, 2.24) is 9.88 Å². The maximum absolute atomic E-state index is 5.89. The highest BCUT2D eigenvalue weighted by atomic mass is 16.5. The molecule has 34 heavy (non-hydrogen) atoms. The third-order valence-corrected chi connectivity index (χ3v) is 6.70. The van der Waals surface area contributed by atoms with E-state index in [1.54, 1.807) is 7.11 Å². The Kier molecular flexibility index (Phi) is 10.6. The fourth-order valence-corrected chi connectivity index (χ4v) is 4.69. The summed E-state index contributed by atoms with van der Waals surface area (Å²) >= 11 is 0. The van der Waals surface area contributed by atoms with E-state index in [9.17, 15) is 0 Å². The van der Waals surface area contributed by atoms with Crippen LogP contribution in [0.4, 0.5) is 0 Å². The first-order valence-electron chi connectivity index (χ1n) is 13.1. The van der Waals surface area contributed by atoms with Crippen LogP contribution in [-0.4, -0.2) is 30.1 Å². The molecule has 0 fully saturated rings. The van der Waals surface area contributed by atoms with Crippen LogP contribution < -0.4 is 4.74 Å². The molecule has 1 heterocycles. The highest BCUT2D eigenvalue weighted by Crippen LogP contribution is 2.31. The third-order valence-electron chi connectivity index (χ3n) is 6.70. The number of hydrogen-bond donors (Lipinski definition) is 0. The molecule has 182 valence electrons. The van der Waals surface area contributed by atoms with E-state index in [0.29, 0.717) is 0 Å². The molecule has 0 saturated heterocycles. The van der Waals surface area contributed by atoms with Crippen molar-refractivity contribution >= 4 is 0 Å². The molecule has 3 nitrogen and oxygen atoms in total. The summed E-state index contributed by atoms with van der Waals surface area (Å²) < 4.78 is 5.89. The second-order valence-corrected chi connectivity index (χ2v) is 9.11. The first-order valence-corrected chi connectivity index (χ1v) is 13.1. The number of aryl methyl sites for hydroxylation is 2. The van der Waals surface area contributed by atoms with Gasteiger partial charge in [0.1, 0.15) is 5.75 Å². The minimum absolute atomic E-state index is 0.867. The summed E-state index contributed by atoms with van der Waals surface area (Å²) in [7, 11) is 1.78. The molecular weight excluding hydrogens is 416 g/mol. The van der Waals surface area contributed by atoms with Gasteiger partial charge in [-0.15, -0.1) is 0 Å². The molecule has 0 N–H and O–H groups in total. The van der Waals surface area contributed by atoms with Crippen molar-refractivity contribution in [3.63, 3.8) is 0 Å². The molecule has 0 unspecified atom stereocenters. The van der Waals surface area contributed by atoms with Gasteiger partial charge in [0, 0.05) is 36.5 Å². The van der Waals surface area contributed by atoms with Gasteiger partial charge >= 0.3 is 0 Å². The Morgan fingerprint density at radius 2 is 1.53 bits per heavy atom. The molecule has 0 saturated carbocycles. The van der Waals surface area contributed by atoms with Gasteiger partial charge < -0.3 is 4.74 Å². The smallest absolute Gasteiger partial charge is 0.127 e. The molecular formula is C31H42N2O. The summed E-state index contributed by atoms with van der Waals surface area (Å²) in [6, 6.07) is 19.6. The maximum Gasteiger partial charge on any atom is 0.127 e. The van der Waals surface area contributed by atoms with Crippen LogP contribution in [0.5, 0.6) is 5.75 Å². The van der Waals surface area contributed by atoms with Crippen molar-refractivity contribution < 1.29 is 4.74 Å². The largest absolute Gasteiger partial charge is 0.496 e. The van der Waals surface area contributed by atoms with Crippen LogP contribution in [0, 0.1) is 0 Å². The fraction of sp³-hybridized carbons (Fsp3) is 0.452. The van der Waals surface area contributed by atoms with Crippen molar-refractivity contribution in [2.45, 2.75) is 72.3 Å². The van der Waals surface area contributed by atoms with E-state index >= 15 is 0 Å². The number of pyridine rings is 1. The Balaban J connectivity index is 1.81. The lowest BCUT2D eigenvalue weighted by Crippen LogP contribution is -2.27. The molecule has 0 aliphatic heterocycles. The summed E-state index contributed by atoms with van der Waals surface area (Å²) in [6.07, 6.45) is 10.2. The number of benzene rings is 2. The Morgan fingerprint density at radius 1 is 0.794 bits per heavy atom. The number of ether oxygens (including phenoxy) is 1. The van der Waals surface area contributed by atoms with Crippen LogP contribution in [-0.2, 0) is 25.8 Å². The lowest BCUT2D eigenvalue weighted by Gasteiger charge is -2.24. The van der Waals surface area contributed by atoms with Crippen molar-refractivity contribution in [1.29, 1.82) is 0 Å².